The summed E-state index contributed by atoms with van der Waals surface area (Å²) in [5, 5.41) is 13.7. The number of benzene rings is 2. The molecule has 0 fully saturated rings. The molecular formula is C20H21N5O3. The molecule has 1 heterocycles. The Kier molecular flexibility index (Phi) is 6.11. The first kappa shape index (κ1) is 19.2. The van der Waals surface area contributed by atoms with Crippen molar-refractivity contribution in [3.8, 4) is 5.69 Å². The Morgan fingerprint density at radius 2 is 1.79 bits per heavy atom. The van der Waals surface area contributed by atoms with Crippen molar-refractivity contribution in [3.63, 3.8) is 0 Å². The molecule has 8 nitrogen and oxygen atoms in total. The lowest BCUT2D eigenvalue weighted by atomic mass is 10.0. The van der Waals surface area contributed by atoms with Crippen molar-refractivity contribution in [1.29, 1.82) is 0 Å². The highest BCUT2D eigenvalue weighted by Crippen LogP contribution is 2.13. The van der Waals surface area contributed by atoms with Crippen molar-refractivity contribution in [2.24, 2.45) is 0 Å². The molecule has 0 aliphatic carbocycles. The maximum Gasteiger partial charge on any atom is 0.338 e. The molecule has 28 heavy (non-hydrogen) atoms. The third kappa shape index (κ3) is 4.79. The van der Waals surface area contributed by atoms with Gasteiger partial charge in [0.05, 0.1) is 11.3 Å². The maximum absolute atomic E-state index is 12.3. The fourth-order valence-corrected chi connectivity index (χ4v) is 2.61. The van der Waals surface area contributed by atoms with Crippen LogP contribution in [-0.2, 0) is 9.53 Å². The number of tetrazole rings is 1. The summed E-state index contributed by atoms with van der Waals surface area (Å²) in [6.45, 7) is 4.04. The summed E-state index contributed by atoms with van der Waals surface area (Å²) in [4.78, 5) is 24.5. The Morgan fingerprint density at radius 1 is 1.07 bits per heavy atom. The second kappa shape index (κ2) is 8.90. The zero-order valence-electron chi connectivity index (χ0n) is 15.6. The summed E-state index contributed by atoms with van der Waals surface area (Å²) in [6.07, 6.45) is 0.561. The summed E-state index contributed by atoms with van der Waals surface area (Å²) >= 11 is 0. The van der Waals surface area contributed by atoms with Crippen LogP contribution in [0.2, 0.25) is 0 Å². The molecule has 0 aliphatic rings. The SMILES string of the molecule is C[C@H](OC(=O)c1ccc(-n2cnnn2)cc1)C(=O)NC[C@@H](C)c1ccccc1. The molecule has 2 atom stereocenters. The number of nitrogens with zero attached hydrogens (tertiary/aromatic N) is 4. The van der Waals surface area contributed by atoms with Crippen molar-refractivity contribution in [3.05, 3.63) is 72.1 Å². The predicted octanol–water partition coefficient (Wildman–Crippen LogP) is 2.13. The highest BCUT2D eigenvalue weighted by Gasteiger charge is 2.19. The van der Waals surface area contributed by atoms with Crippen molar-refractivity contribution in [2.45, 2.75) is 25.9 Å². The van der Waals surface area contributed by atoms with Crippen LogP contribution in [0.3, 0.4) is 0 Å². The number of hydrogen-bond acceptors (Lipinski definition) is 6. The van der Waals surface area contributed by atoms with Gasteiger partial charge < -0.3 is 10.1 Å². The third-order valence-corrected chi connectivity index (χ3v) is 4.32. The van der Waals surface area contributed by atoms with E-state index >= 15 is 0 Å². The van der Waals surface area contributed by atoms with Gasteiger partial charge in [-0.2, -0.15) is 0 Å². The van der Waals surface area contributed by atoms with E-state index in [1.54, 1.807) is 31.2 Å². The summed E-state index contributed by atoms with van der Waals surface area (Å²) < 4.78 is 6.74. The Balaban J connectivity index is 1.51. The van der Waals surface area contributed by atoms with E-state index in [1.165, 1.54) is 11.0 Å². The number of ether oxygens (including phenoxy) is 1. The van der Waals surface area contributed by atoms with Gasteiger partial charge in [-0.25, -0.2) is 9.48 Å². The van der Waals surface area contributed by atoms with E-state index in [2.05, 4.69) is 20.8 Å². The molecule has 0 aliphatic heterocycles. The second-order valence-corrected chi connectivity index (χ2v) is 6.41. The molecule has 1 aromatic heterocycles. The number of rotatable bonds is 7. The molecule has 3 aromatic rings. The Hall–Kier alpha value is -3.55. The lowest BCUT2D eigenvalue weighted by Gasteiger charge is -2.16. The van der Waals surface area contributed by atoms with Crippen LogP contribution in [0.1, 0.15) is 35.7 Å². The largest absolute Gasteiger partial charge is 0.449 e. The van der Waals surface area contributed by atoms with E-state index in [4.69, 9.17) is 4.74 Å². The minimum absolute atomic E-state index is 0.159. The highest BCUT2D eigenvalue weighted by molar-refractivity contribution is 5.92. The molecule has 1 amide bonds. The second-order valence-electron chi connectivity index (χ2n) is 6.41. The molecule has 2 aromatic carbocycles. The number of esters is 1. The monoisotopic (exact) mass is 379 g/mol. The zero-order valence-corrected chi connectivity index (χ0v) is 15.6. The zero-order chi connectivity index (χ0) is 19.9. The van der Waals surface area contributed by atoms with Crippen LogP contribution in [0, 0.1) is 0 Å². The van der Waals surface area contributed by atoms with Crippen molar-refractivity contribution in [1.82, 2.24) is 25.5 Å². The normalized spacial score (nSPS) is 12.8. The average molecular weight is 379 g/mol. The molecule has 0 unspecified atom stereocenters. The molecule has 0 bridgehead atoms. The number of carbonyl (C=O) groups is 2. The average Bonchev–Trinajstić information content (AvgIpc) is 3.27. The van der Waals surface area contributed by atoms with Crippen LogP contribution < -0.4 is 5.32 Å². The van der Waals surface area contributed by atoms with Gasteiger partial charge in [0.1, 0.15) is 6.33 Å². The molecule has 0 saturated heterocycles. The summed E-state index contributed by atoms with van der Waals surface area (Å²) in [5.41, 5.74) is 2.19. The first-order chi connectivity index (χ1) is 13.5. The molecule has 1 N–H and O–H groups in total. The van der Waals surface area contributed by atoms with Gasteiger partial charge in [0.2, 0.25) is 0 Å². The van der Waals surface area contributed by atoms with Crippen LogP contribution in [0.5, 0.6) is 0 Å². The van der Waals surface area contributed by atoms with E-state index in [0.29, 0.717) is 17.8 Å². The predicted molar refractivity (Wildman–Crippen MR) is 102 cm³/mol. The number of hydrogen-bond donors (Lipinski definition) is 1. The molecular weight excluding hydrogens is 358 g/mol. The van der Waals surface area contributed by atoms with Gasteiger partial charge >= 0.3 is 5.97 Å². The van der Waals surface area contributed by atoms with E-state index in [1.807, 2.05) is 37.3 Å². The van der Waals surface area contributed by atoms with Crippen LogP contribution in [-0.4, -0.2) is 44.7 Å². The van der Waals surface area contributed by atoms with Gasteiger partial charge in [0, 0.05) is 6.54 Å². The lowest BCUT2D eigenvalue weighted by molar-refractivity contribution is -0.129. The summed E-state index contributed by atoms with van der Waals surface area (Å²) in [6, 6.07) is 16.5. The first-order valence-corrected chi connectivity index (χ1v) is 8.91. The lowest BCUT2D eigenvalue weighted by Crippen LogP contribution is -2.37. The van der Waals surface area contributed by atoms with Gasteiger partial charge in [-0.3, -0.25) is 4.79 Å². The summed E-state index contributed by atoms with van der Waals surface area (Å²) in [7, 11) is 0. The molecule has 3 rings (SSSR count). The van der Waals surface area contributed by atoms with Gasteiger partial charge in [-0.1, -0.05) is 37.3 Å². The van der Waals surface area contributed by atoms with Crippen molar-refractivity contribution >= 4 is 11.9 Å². The quantitative estimate of drug-likeness (QED) is 0.632. The van der Waals surface area contributed by atoms with E-state index in [0.717, 1.165) is 5.56 Å². The Bertz CT molecular complexity index is 911. The minimum atomic E-state index is -0.894. The van der Waals surface area contributed by atoms with E-state index < -0.39 is 12.1 Å². The van der Waals surface area contributed by atoms with Gasteiger partial charge in [0.25, 0.3) is 5.91 Å². The van der Waals surface area contributed by atoms with Gasteiger partial charge in [0.15, 0.2) is 6.10 Å². The third-order valence-electron chi connectivity index (χ3n) is 4.32. The van der Waals surface area contributed by atoms with Crippen LogP contribution in [0.15, 0.2) is 60.9 Å². The van der Waals surface area contributed by atoms with Crippen LogP contribution in [0.25, 0.3) is 5.69 Å². The number of carbonyl (C=O) groups excluding carboxylic acids is 2. The van der Waals surface area contributed by atoms with Crippen LogP contribution >= 0.6 is 0 Å². The molecule has 0 radical (unpaired) electrons. The van der Waals surface area contributed by atoms with Crippen LogP contribution in [0.4, 0.5) is 0 Å². The minimum Gasteiger partial charge on any atom is -0.449 e. The summed E-state index contributed by atoms with van der Waals surface area (Å²) in [5.74, 6) is -0.740. The topological polar surface area (TPSA) is 99.0 Å². The van der Waals surface area contributed by atoms with Gasteiger partial charge in [-0.05, 0) is 53.1 Å². The van der Waals surface area contributed by atoms with Gasteiger partial charge in [-0.15, -0.1) is 5.10 Å². The Morgan fingerprint density at radius 3 is 2.43 bits per heavy atom. The maximum atomic E-state index is 12.3. The number of aromatic nitrogens is 4. The number of nitrogens with one attached hydrogen (secondary N) is 1. The molecule has 144 valence electrons. The van der Waals surface area contributed by atoms with Crippen molar-refractivity contribution in [2.75, 3.05) is 6.54 Å². The number of amides is 1. The Labute approximate surface area is 162 Å². The smallest absolute Gasteiger partial charge is 0.338 e. The fraction of sp³-hybridized carbons (Fsp3) is 0.250. The standard InChI is InChI=1S/C20H21N5O3/c1-14(16-6-4-3-5-7-16)12-21-19(26)15(2)28-20(27)17-8-10-18(11-9-17)25-13-22-23-24-25/h3-11,13-15H,12H2,1-2H3,(H,21,26)/t14-,15+/m1/s1. The molecule has 0 spiro atoms. The molecule has 8 heteroatoms. The fourth-order valence-electron chi connectivity index (χ4n) is 2.61. The van der Waals surface area contributed by atoms with E-state index in [-0.39, 0.29) is 11.8 Å². The highest BCUT2D eigenvalue weighted by atomic mass is 16.5. The first-order valence-electron chi connectivity index (χ1n) is 8.91. The van der Waals surface area contributed by atoms with Crippen molar-refractivity contribution < 1.29 is 14.3 Å². The van der Waals surface area contributed by atoms with E-state index in [9.17, 15) is 9.59 Å². The molecule has 0 saturated carbocycles.